The van der Waals surface area contributed by atoms with Crippen LogP contribution in [0.3, 0.4) is 0 Å². The van der Waals surface area contributed by atoms with E-state index in [9.17, 15) is 18.0 Å². The van der Waals surface area contributed by atoms with Crippen LogP contribution in [0.2, 0.25) is 0 Å². The van der Waals surface area contributed by atoms with Gasteiger partial charge in [-0.25, -0.2) is 0 Å². The zero-order chi connectivity index (χ0) is 6.78. The van der Waals surface area contributed by atoms with E-state index in [1.807, 2.05) is 0 Å². The van der Waals surface area contributed by atoms with E-state index < -0.39 is 12.3 Å². The van der Waals surface area contributed by atoms with Crippen molar-refractivity contribution in [3.8, 4) is 0 Å². The average Bonchev–Trinajstić information content (AvgIpc) is 1.21. The summed E-state index contributed by atoms with van der Waals surface area (Å²) in [5.74, 6) is -1.35. The Bertz CT molecular complexity index is 95.2. The van der Waals surface area contributed by atoms with Gasteiger partial charge in [0, 0.05) is 6.92 Å². The van der Waals surface area contributed by atoms with Gasteiger partial charge in [-0.1, -0.05) is 0 Å². The Labute approximate surface area is 43.2 Å². The van der Waals surface area contributed by atoms with Crippen LogP contribution in [-0.4, -0.2) is 12.3 Å². The Kier molecular flexibility index (Phi) is 1.83. The van der Waals surface area contributed by atoms with Crippen LogP contribution in [0.15, 0.2) is 0 Å². The minimum atomic E-state index is -4.83. The zero-order valence-electron chi connectivity index (χ0n) is 3.95. The number of esters is 1. The maximum Gasteiger partial charge on any atom is 0.575 e. The van der Waals surface area contributed by atoms with Gasteiger partial charge >= 0.3 is 12.3 Å². The summed E-state index contributed by atoms with van der Waals surface area (Å²) in [6.07, 6.45) is -4.83. The zero-order valence-corrected chi connectivity index (χ0v) is 3.95. The van der Waals surface area contributed by atoms with E-state index in [-0.39, 0.29) is 0 Å². The Morgan fingerprint density at radius 2 is 1.88 bits per heavy atom. The van der Waals surface area contributed by atoms with Crippen LogP contribution in [0.4, 0.5) is 13.2 Å². The molecule has 48 valence electrons. The number of alkyl halides is 3. The number of hydrogen-bond acceptors (Lipinski definition) is 2. The number of carbonyl (C=O) groups is 1. The summed E-state index contributed by atoms with van der Waals surface area (Å²) < 4.78 is 35.4. The quantitative estimate of drug-likeness (QED) is 0.456. The topological polar surface area (TPSA) is 26.3 Å². The standard InChI is InChI=1S/C3H3F3O2/c1-2(7)8-3(4,5)6/h1H3. The van der Waals surface area contributed by atoms with Crippen LogP contribution in [-0.2, 0) is 9.53 Å². The van der Waals surface area contributed by atoms with Crippen molar-refractivity contribution in [3.63, 3.8) is 0 Å². The van der Waals surface area contributed by atoms with Crippen LogP contribution >= 0.6 is 0 Å². The van der Waals surface area contributed by atoms with E-state index in [0.717, 1.165) is 0 Å². The molecule has 0 atom stereocenters. The molecule has 0 spiro atoms. The summed E-state index contributed by atoms with van der Waals surface area (Å²) in [6, 6.07) is 0. The lowest BCUT2D eigenvalue weighted by molar-refractivity contribution is -0.304. The second-order valence-electron chi connectivity index (χ2n) is 1.04. The van der Waals surface area contributed by atoms with Crippen LogP contribution < -0.4 is 0 Å². The maximum absolute atomic E-state index is 10.9. The molecule has 2 nitrogen and oxygen atoms in total. The van der Waals surface area contributed by atoms with E-state index >= 15 is 0 Å². The van der Waals surface area contributed by atoms with Crippen molar-refractivity contribution in [3.05, 3.63) is 0 Å². The van der Waals surface area contributed by atoms with Crippen LogP contribution in [0.1, 0.15) is 6.92 Å². The van der Waals surface area contributed by atoms with Gasteiger partial charge in [-0.3, -0.25) is 4.79 Å². The van der Waals surface area contributed by atoms with Gasteiger partial charge in [-0.2, -0.15) is 0 Å². The largest absolute Gasteiger partial charge is 0.575 e. The molecule has 0 aliphatic heterocycles. The highest BCUT2D eigenvalue weighted by Crippen LogP contribution is 2.15. The second-order valence-corrected chi connectivity index (χ2v) is 1.04. The van der Waals surface area contributed by atoms with Crippen molar-refractivity contribution >= 4 is 5.97 Å². The number of hydrogen-bond donors (Lipinski definition) is 0. The molecule has 0 N–H and O–H groups in total. The summed E-state index contributed by atoms with van der Waals surface area (Å²) in [4.78, 5) is 9.52. The monoisotopic (exact) mass is 128 g/mol. The average molecular weight is 128 g/mol. The maximum atomic E-state index is 10.9. The van der Waals surface area contributed by atoms with Gasteiger partial charge in [-0.05, 0) is 0 Å². The highest BCUT2D eigenvalue weighted by Gasteiger charge is 2.32. The molecule has 0 aromatic rings. The number of halogens is 3. The van der Waals surface area contributed by atoms with Crippen LogP contribution in [0.25, 0.3) is 0 Å². The fraction of sp³-hybridized carbons (Fsp3) is 0.667. The lowest BCUT2D eigenvalue weighted by Gasteiger charge is -2.02. The smallest absolute Gasteiger partial charge is 0.373 e. The van der Waals surface area contributed by atoms with Crippen LogP contribution in [0, 0.1) is 0 Å². The predicted octanol–water partition coefficient (Wildman–Crippen LogP) is 1.07. The SMILES string of the molecule is CC(=O)OC(F)(F)F. The fourth-order valence-corrected chi connectivity index (χ4v) is 0.163. The molecular formula is C3H3F3O2. The molecule has 0 radical (unpaired) electrons. The first-order chi connectivity index (χ1) is 3.42. The molecule has 0 bridgehead atoms. The molecule has 0 aliphatic carbocycles. The third-order valence-corrected chi connectivity index (χ3v) is 0.259. The minimum Gasteiger partial charge on any atom is -0.373 e. The van der Waals surface area contributed by atoms with Crippen molar-refractivity contribution in [2.75, 3.05) is 0 Å². The highest BCUT2D eigenvalue weighted by atomic mass is 19.4. The van der Waals surface area contributed by atoms with Gasteiger partial charge in [0.2, 0.25) is 0 Å². The Morgan fingerprint density at radius 3 is 1.88 bits per heavy atom. The lowest BCUT2D eigenvalue weighted by Crippen LogP contribution is -2.16. The Hall–Kier alpha value is -0.740. The van der Waals surface area contributed by atoms with Gasteiger partial charge in [-0.15, -0.1) is 13.2 Å². The summed E-state index contributed by atoms with van der Waals surface area (Å²) >= 11 is 0. The van der Waals surface area contributed by atoms with E-state index in [2.05, 4.69) is 4.74 Å². The van der Waals surface area contributed by atoms with Crippen molar-refractivity contribution in [2.45, 2.75) is 13.3 Å². The molecule has 0 saturated carbocycles. The van der Waals surface area contributed by atoms with E-state index in [4.69, 9.17) is 0 Å². The summed E-state index contributed by atoms with van der Waals surface area (Å²) in [6.45, 7) is 0.688. The summed E-state index contributed by atoms with van der Waals surface area (Å²) in [5, 5.41) is 0. The fourth-order valence-electron chi connectivity index (χ4n) is 0.163. The molecule has 0 heterocycles. The number of ether oxygens (including phenoxy) is 1. The van der Waals surface area contributed by atoms with Gasteiger partial charge in [0.05, 0.1) is 0 Å². The third-order valence-electron chi connectivity index (χ3n) is 0.259. The Morgan fingerprint density at radius 1 is 1.50 bits per heavy atom. The molecule has 0 rings (SSSR count). The molecule has 0 saturated heterocycles. The molecule has 0 aliphatic rings. The van der Waals surface area contributed by atoms with E-state index in [1.165, 1.54) is 0 Å². The molecule has 0 fully saturated rings. The summed E-state index contributed by atoms with van der Waals surface area (Å²) in [5.41, 5.74) is 0. The minimum absolute atomic E-state index is 0.688. The molecule has 0 unspecified atom stereocenters. The molecule has 0 aromatic carbocycles. The van der Waals surface area contributed by atoms with Crippen LogP contribution in [0.5, 0.6) is 0 Å². The van der Waals surface area contributed by atoms with Crippen molar-refractivity contribution in [1.82, 2.24) is 0 Å². The van der Waals surface area contributed by atoms with Crippen molar-refractivity contribution < 1.29 is 22.7 Å². The molecule has 5 heteroatoms. The van der Waals surface area contributed by atoms with Crippen molar-refractivity contribution in [2.24, 2.45) is 0 Å². The second kappa shape index (κ2) is 2.02. The van der Waals surface area contributed by atoms with Gasteiger partial charge in [0.25, 0.3) is 0 Å². The van der Waals surface area contributed by atoms with Crippen molar-refractivity contribution in [1.29, 1.82) is 0 Å². The highest BCUT2D eigenvalue weighted by molar-refractivity contribution is 5.66. The van der Waals surface area contributed by atoms with E-state index in [0.29, 0.717) is 6.92 Å². The Balaban J connectivity index is 3.55. The molecular weight excluding hydrogens is 125 g/mol. The molecule has 0 amide bonds. The van der Waals surface area contributed by atoms with Gasteiger partial charge in [0.15, 0.2) is 0 Å². The molecule has 8 heavy (non-hydrogen) atoms. The molecule has 0 aromatic heterocycles. The first kappa shape index (κ1) is 7.26. The lowest BCUT2D eigenvalue weighted by atomic mass is 10.8. The van der Waals surface area contributed by atoms with Gasteiger partial charge < -0.3 is 4.74 Å². The normalized spacial score (nSPS) is 11.0. The number of carbonyl (C=O) groups excluding carboxylic acids is 1. The third kappa shape index (κ3) is 5.26. The van der Waals surface area contributed by atoms with E-state index in [1.54, 1.807) is 0 Å². The first-order valence-corrected chi connectivity index (χ1v) is 1.68. The number of rotatable bonds is 0. The first-order valence-electron chi connectivity index (χ1n) is 1.68. The predicted molar refractivity (Wildman–Crippen MR) is 17.8 cm³/mol. The summed E-state index contributed by atoms with van der Waals surface area (Å²) in [7, 11) is 0. The van der Waals surface area contributed by atoms with Gasteiger partial charge in [0.1, 0.15) is 0 Å².